The van der Waals surface area contributed by atoms with Crippen LogP contribution in [0.4, 0.5) is 5.69 Å². The molecular weight excluding hydrogens is 410 g/mol. The van der Waals surface area contributed by atoms with E-state index in [0.717, 1.165) is 11.3 Å². The van der Waals surface area contributed by atoms with Crippen molar-refractivity contribution in [1.29, 1.82) is 0 Å². The predicted molar refractivity (Wildman–Crippen MR) is 120 cm³/mol. The van der Waals surface area contributed by atoms with Crippen molar-refractivity contribution in [2.24, 2.45) is 5.92 Å². The molecule has 2 aromatic rings. The number of esters is 2. The van der Waals surface area contributed by atoms with E-state index in [1.807, 2.05) is 31.2 Å². The zero-order valence-corrected chi connectivity index (χ0v) is 19.0. The lowest BCUT2D eigenvalue weighted by molar-refractivity contribution is -0.157. The number of carbonyl (C=O) groups excluding carboxylic acids is 2. The molecule has 3 unspecified atom stereocenters. The molecule has 0 heterocycles. The number of carbonyl (C=O) groups is 2. The van der Waals surface area contributed by atoms with Crippen LogP contribution in [0.5, 0.6) is 5.75 Å². The molecule has 0 radical (unpaired) electrons. The van der Waals surface area contributed by atoms with Crippen LogP contribution in [-0.4, -0.2) is 44.0 Å². The molecule has 2 aromatic carbocycles. The number of methoxy groups -OCH3 is 3. The summed E-state index contributed by atoms with van der Waals surface area (Å²) in [5.41, 5.74) is 1.73. The zero-order valence-electron chi connectivity index (χ0n) is 19.0. The Morgan fingerprint density at radius 3 is 2.34 bits per heavy atom. The van der Waals surface area contributed by atoms with Crippen LogP contribution in [0.1, 0.15) is 30.4 Å². The van der Waals surface area contributed by atoms with Gasteiger partial charge in [0.1, 0.15) is 5.75 Å². The molecule has 3 rings (SSSR count). The summed E-state index contributed by atoms with van der Waals surface area (Å²) in [6, 6.07) is 14.7. The Labute approximate surface area is 188 Å². The molecule has 0 saturated carbocycles. The first-order valence-electron chi connectivity index (χ1n) is 10.3. The monoisotopic (exact) mass is 439 g/mol. The smallest absolute Gasteiger partial charge is 0.336 e. The average molecular weight is 440 g/mol. The first-order valence-corrected chi connectivity index (χ1v) is 10.3. The molecule has 0 spiro atoms. The lowest BCUT2D eigenvalue weighted by Crippen LogP contribution is -2.49. The summed E-state index contributed by atoms with van der Waals surface area (Å²) in [5.74, 6) is -2.48. The third-order valence-corrected chi connectivity index (χ3v) is 5.83. The summed E-state index contributed by atoms with van der Waals surface area (Å²) in [6.45, 7) is 3.56. The highest BCUT2D eigenvalue weighted by Gasteiger charge is 2.52. The summed E-state index contributed by atoms with van der Waals surface area (Å²) in [4.78, 5) is 25.9. The number of rotatable bonds is 6. The molecule has 32 heavy (non-hydrogen) atoms. The zero-order chi connectivity index (χ0) is 23.5. The fourth-order valence-corrected chi connectivity index (χ4v) is 4.27. The molecule has 7 heteroatoms. The number of hydrogen-bond acceptors (Lipinski definition) is 7. The van der Waals surface area contributed by atoms with Crippen molar-refractivity contribution in [2.75, 3.05) is 26.6 Å². The third-order valence-electron chi connectivity index (χ3n) is 5.83. The molecule has 7 nitrogen and oxygen atoms in total. The lowest BCUT2D eigenvalue weighted by Gasteiger charge is -2.42. The maximum Gasteiger partial charge on any atom is 0.336 e. The Morgan fingerprint density at radius 1 is 1.06 bits per heavy atom. The van der Waals surface area contributed by atoms with Gasteiger partial charge in [-0.2, -0.15) is 0 Å². The Hall–Kier alpha value is -3.32. The van der Waals surface area contributed by atoms with Gasteiger partial charge >= 0.3 is 11.9 Å². The summed E-state index contributed by atoms with van der Waals surface area (Å²) in [6.07, 6.45) is 0.0333. The molecule has 0 fully saturated rings. The molecule has 1 aliphatic rings. The van der Waals surface area contributed by atoms with E-state index >= 15 is 0 Å². The van der Waals surface area contributed by atoms with Crippen LogP contribution in [0.2, 0.25) is 0 Å². The van der Waals surface area contributed by atoms with Gasteiger partial charge in [-0.1, -0.05) is 29.8 Å². The minimum Gasteiger partial charge on any atom is -0.497 e. The minimum absolute atomic E-state index is 0.0333. The van der Waals surface area contributed by atoms with Crippen LogP contribution >= 0.6 is 0 Å². The van der Waals surface area contributed by atoms with E-state index in [2.05, 4.69) is 5.32 Å². The SMILES string of the molecule is COC(=O)C1=C(Nc2ccc(C)cc2)CC(C)(O)C(C(=O)OC)C1c1cccc(OC)c1. The Bertz CT molecular complexity index is 1020. The summed E-state index contributed by atoms with van der Waals surface area (Å²) in [5, 5.41) is 14.7. The number of hydrogen-bond donors (Lipinski definition) is 2. The van der Waals surface area contributed by atoms with Crippen molar-refractivity contribution in [3.63, 3.8) is 0 Å². The maximum atomic E-state index is 13.0. The highest BCUT2D eigenvalue weighted by atomic mass is 16.5. The second-order valence-electron chi connectivity index (χ2n) is 8.16. The minimum atomic E-state index is -1.49. The second-order valence-corrected chi connectivity index (χ2v) is 8.16. The van der Waals surface area contributed by atoms with Gasteiger partial charge < -0.3 is 24.6 Å². The first kappa shape index (κ1) is 23.3. The van der Waals surface area contributed by atoms with Crippen LogP contribution in [0, 0.1) is 12.8 Å². The van der Waals surface area contributed by atoms with Crippen LogP contribution in [0.25, 0.3) is 0 Å². The molecule has 0 amide bonds. The Balaban J connectivity index is 2.25. The van der Waals surface area contributed by atoms with Gasteiger partial charge in [-0.15, -0.1) is 0 Å². The fourth-order valence-electron chi connectivity index (χ4n) is 4.27. The summed E-state index contributed by atoms with van der Waals surface area (Å²) >= 11 is 0. The van der Waals surface area contributed by atoms with Gasteiger partial charge in [0, 0.05) is 23.7 Å². The van der Waals surface area contributed by atoms with E-state index in [1.54, 1.807) is 31.2 Å². The largest absolute Gasteiger partial charge is 0.497 e. The highest BCUT2D eigenvalue weighted by molar-refractivity contribution is 5.94. The summed E-state index contributed by atoms with van der Waals surface area (Å²) < 4.78 is 15.5. The molecule has 0 saturated heterocycles. The van der Waals surface area contributed by atoms with Gasteiger partial charge in [0.2, 0.25) is 0 Å². The first-order chi connectivity index (χ1) is 15.2. The molecule has 170 valence electrons. The Morgan fingerprint density at radius 2 is 1.75 bits per heavy atom. The fraction of sp³-hybridized carbons (Fsp3) is 0.360. The molecule has 0 bridgehead atoms. The molecule has 3 atom stereocenters. The van der Waals surface area contributed by atoms with E-state index in [0.29, 0.717) is 17.0 Å². The van der Waals surface area contributed by atoms with E-state index in [1.165, 1.54) is 21.3 Å². The lowest BCUT2D eigenvalue weighted by atomic mass is 9.65. The maximum absolute atomic E-state index is 13.0. The van der Waals surface area contributed by atoms with E-state index in [4.69, 9.17) is 14.2 Å². The van der Waals surface area contributed by atoms with Crippen LogP contribution < -0.4 is 10.1 Å². The highest BCUT2D eigenvalue weighted by Crippen LogP contribution is 2.48. The van der Waals surface area contributed by atoms with Crippen LogP contribution in [0.15, 0.2) is 59.8 Å². The number of nitrogens with one attached hydrogen (secondary N) is 1. The van der Waals surface area contributed by atoms with Gasteiger partial charge in [-0.25, -0.2) is 4.79 Å². The number of anilines is 1. The van der Waals surface area contributed by atoms with Crippen LogP contribution in [0.3, 0.4) is 0 Å². The van der Waals surface area contributed by atoms with E-state index < -0.39 is 29.4 Å². The predicted octanol–water partition coefficient (Wildman–Crippen LogP) is 3.57. The van der Waals surface area contributed by atoms with Gasteiger partial charge in [0.25, 0.3) is 0 Å². The quantitative estimate of drug-likeness (QED) is 0.665. The summed E-state index contributed by atoms with van der Waals surface area (Å²) in [7, 11) is 4.10. The number of aliphatic hydroxyl groups is 1. The van der Waals surface area contributed by atoms with Crippen molar-refractivity contribution in [2.45, 2.75) is 31.8 Å². The molecule has 0 aromatic heterocycles. The van der Waals surface area contributed by atoms with Crippen molar-refractivity contribution in [1.82, 2.24) is 0 Å². The van der Waals surface area contributed by atoms with Crippen molar-refractivity contribution in [3.05, 3.63) is 70.9 Å². The van der Waals surface area contributed by atoms with Gasteiger partial charge in [-0.05, 0) is 43.7 Å². The van der Waals surface area contributed by atoms with Gasteiger partial charge in [-0.3, -0.25) is 4.79 Å². The van der Waals surface area contributed by atoms with Crippen LogP contribution in [-0.2, 0) is 19.1 Å². The van der Waals surface area contributed by atoms with Crippen molar-refractivity contribution < 1.29 is 28.9 Å². The number of benzene rings is 2. The molecular formula is C25H29NO6. The number of aryl methyl sites for hydroxylation is 1. The molecule has 1 aliphatic carbocycles. The average Bonchev–Trinajstić information content (AvgIpc) is 2.78. The van der Waals surface area contributed by atoms with Gasteiger partial charge in [0.05, 0.1) is 38.4 Å². The topological polar surface area (TPSA) is 94.1 Å². The Kier molecular flexibility index (Phi) is 6.89. The third kappa shape index (κ3) is 4.62. The number of ether oxygens (including phenoxy) is 3. The standard InChI is InChI=1S/C25H29NO6/c1-15-9-11-17(12-10-15)26-19-14-25(2,29)22(24(28)32-5)20(21(19)23(27)31-4)16-7-6-8-18(13-16)30-3/h6-13,20,22,26,29H,14H2,1-5H3. The second kappa shape index (κ2) is 9.44. The molecule has 2 N–H and O–H groups in total. The van der Waals surface area contributed by atoms with Crippen molar-refractivity contribution >= 4 is 17.6 Å². The van der Waals surface area contributed by atoms with E-state index in [9.17, 15) is 14.7 Å². The van der Waals surface area contributed by atoms with E-state index in [-0.39, 0.29) is 12.0 Å². The van der Waals surface area contributed by atoms with Crippen molar-refractivity contribution in [3.8, 4) is 5.75 Å². The molecule has 0 aliphatic heterocycles. The van der Waals surface area contributed by atoms with Gasteiger partial charge in [0.15, 0.2) is 0 Å². The normalized spacial score (nSPS) is 22.8.